The van der Waals surface area contributed by atoms with Gasteiger partial charge in [0.25, 0.3) is 0 Å². The molecule has 0 saturated heterocycles. The van der Waals surface area contributed by atoms with Crippen molar-refractivity contribution in [1.82, 2.24) is 5.06 Å². The van der Waals surface area contributed by atoms with Gasteiger partial charge < -0.3 is 0 Å². The van der Waals surface area contributed by atoms with E-state index in [0.717, 1.165) is 11.3 Å². The predicted molar refractivity (Wildman–Crippen MR) is 49.3 cm³/mol. The molecule has 0 aromatic heterocycles. The Morgan fingerprint density at radius 1 is 1.69 bits per heavy atom. The van der Waals surface area contributed by atoms with E-state index in [9.17, 15) is 10.1 Å². The van der Waals surface area contributed by atoms with E-state index in [1.165, 1.54) is 0 Å². The van der Waals surface area contributed by atoms with Crippen LogP contribution in [0.3, 0.4) is 0 Å². The summed E-state index contributed by atoms with van der Waals surface area (Å²) >= 11 is 0. The summed E-state index contributed by atoms with van der Waals surface area (Å²) in [5.74, 6) is 0.555. The van der Waals surface area contributed by atoms with Crippen LogP contribution in [0.25, 0.3) is 0 Å². The minimum atomic E-state index is -0.654. The summed E-state index contributed by atoms with van der Waals surface area (Å²) in [5.41, 5.74) is -0.166. The largest absolute Gasteiger partial charge is 0.286 e. The van der Waals surface area contributed by atoms with E-state index in [1.54, 1.807) is 13.8 Å². The van der Waals surface area contributed by atoms with Crippen molar-refractivity contribution in [3.63, 3.8) is 0 Å². The molecule has 1 rings (SSSR count). The Hall–Kier alpha value is -1.23. The second-order valence-corrected chi connectivity index (χ2v) is 3.37. The van der Waals surface area contributed by atoms with Crippen molar-refractivity contribution < 1.29 is 5.21 Å². The molecule has 5 nitrogen and oxygen atoms in total. The molecule has 1 N–H and O–H groups in total. The fourth-order valence-corrected chi connectivity index (χ4v) is 1.22. The standard InChI is InChI=1S/C8H13N3O2/c1-4-7-10-6(5-9-12)8(2,3)11(7)13/h5,13H,4H2,1-3H3/b6-5+. The van der Waals surface area contributed by atoms with Gasteiger partial charge in [-0.1, -0.05) is 6.92 Å². The van der Waals surface area contributed by atoms with Crippen molar-refractivity contribution >= 4 is 5.84 Å². The number of amidine groups is 1. The maximum atomic E-state index is 10.1. The third-order valence-corrected chi connectivity index (χ3v) is 2.14. The highest BCUT2D eigenvalue weighted by Gasteiger charge is 2.38. The summed E-state index contributed by atoms with van der Waals surface area (Å²) in [6.45, 7) is 5.43. The van der Waals surface area contributed by atoms with Gasteiger partial charge in [-0.2, -0.15) is 0 Å². The molecule has 1 heterocycles. The van der Waals surface area contributed by atoms with Gasteiger partial charge in [0.1, 0.15) is 11.4 Å². The molecule has 0 atom stereocenters. The van der Waals surface area contributed by atoms with Gasteiger partial charge in [-0.25, -0.2) is 10.1 Å². The molecular weight excluding hydrogens is 170 g/mol. The Kier molecular flexibility index (Phi) is 2.47. The SMILES string of the molecule is CCC1=N/C(=C/N=O)C(C)(C)N1O. The molecule has 0 spiro atoms. The molecule has 72 valence electrons. The molecule has 1 aliphatic rings. The first-order valence-electron chi connectivity index (χ1n) is 4.13. The number of hydrogen-bond donors (Lipinski definition) is 1. The van der Waals surface area contributed by atoms with E-state index in [2.05, 4.69) is 10.2 Å². The molecule has 0 aliphatic carbocycles. The lowest BCUT2D eigenvalue weighted by molar-refractivity contribution is -0.0707. The lowest BCUT2D eigenvalue weighted by Gasteiger charge is -2.27. The highest BCUT2D eigenvalue weighted by Crippen LogP contribution is 2.31. The van der Waals surface area contributed by atoms with Crippen molar-refractivity contribution in [1.29, 1.82) is 0 Å². The molecule has 5 heteroatoms. The molecular formula is C8H13N3O2. The molecule has 0 radical (unpaired) electrons. The molecule has 13 heavy (non-hydrogen) atoms. The van der Waals surface area contributed by atoms with Crippen molar-refractivity contribution in [2.75, 3.05) is 0 Å². The normalized spacial score (nSPS) is 23.5. The van der Waals surface area contributed by atoms with E-state index in [1.807, 2.05) is 6.92 Å². The lowest BCUT2D eigenvalue weighted by Crippen LogP contribution is -2.40. The zero-order valence-corrected chi connectivity index (χ0v) is 7.98. The van der Waals surface area contributed by atoms with Crippen LogP contribution in [0.1, 0.15) is 27.2 Å². The van der Waals surface area contributed by atoms with Crippen LogP contribution in [0.15, 0.2) is 22.1 Å². The van der Waals surface area contributed by atoms with E-state index in [4.69, 9.17) is 0 Å². The lowest BCUT2D eigenvalue weighted by atomic mass is 10.0. The van der Waals surface area contributed by atoms with Crippen LogP contribution in [0.4, 0.5) is 0 Å². The van der Waals surface area contributed by atoms with Gasteiger partial charge >= 0.3 is 0 Å². The quantitative estimate of drug-likeness (QED) is 0.665. The number of hydrogen-bond acceptors (Lipinski definition) is 5. The van der Waals surface area contributed by atoms with E-state index in [0.29, 0.717) is 18.0 Å². The van der Waals surface area contributed by atoms with Gasteiger partial charge in [0.15, 0.2) is 0 Å². The smallest absolute Gasteiger partial charge is 0.129 e. The van der Waals surface area contributed by atoms with E-state index < -0.39 is 5.54 Å². The second-order valence-electron chi connectivity index (χ2n) is 3.37. The van der Waals surface area contributed by atoms with E-state index >= 15 is 0 Å². The summed E-state index contributed by atoms with van der Waals surface area (Å²) in [6, 6.07) is 0. The van der Waals surface area contributed by atoms with Crippen molar-refractivity contribution in [2.45, 2.75) is 32.7 Å². The minimum Gasteiger partial charge on any atom is -0.286 e. The third-order valence-electron chi connectivity index (χ3n) is 2.14. The van der Waals surface area contributed by atoms with Crippen molar-refractivity contribution in [3.8, 4) is 0 Å². The topological polar surface area (TPSA) is 65.3 Å². The second kappa shape index (κ2) is 3.26. The number of rotatable bonds is 2. The molecule has 0 unspecified atom stereocenters. The highest BCUT2D eigenvalue weighted by atomic mass is 16.5. The van der Waals surface area contributed by atoms with Gasteiger partial charge in [-0.05, 0) is 19.0 Å². The number of nitroso groups, excluding NO2 is 1. The first-order valence-corrected chi connectivity index (χ1v) is 4.13. The molecule has 0 fully saturated rings. The molecule has 0 aromatic carbocycles. The zero-order chi connectivity index (χ0) is 10.1. The van der Waals surface area contributed by atoms with Crippen LogP contribution < -0.4 is 0 Å². The van der Waals surface area contributed by atoms with Crippen molar-refractivity contribution in [3.05, 3.63) is 16.8 Å². The maximum absolute atomic E-state index is 10.1. The van der Waals surface area contributed by atoms with Crippen LogP contribution in [0, 0.1) is 4.91 Å². The minimum absolute atomic E-state index is 0.488. The van der Waals surface area contributed by atoms with Gasteiger partial charge in [-0.15, -0.1) is 4.91 Å². The summed E-state index contributed by atoms with van der Waals surface area (Å²) in [4.78, 5) is 14.1. The number of nitrogens with zero attached hydrogens (tertiary/aromatic N) is 3. The molecule has 0 saturated carbocycles. The van der Waals surface area contributed by atoms with Crippen LogP contribution in [-0.4, -0.2) is 21.6 Å². The molecule has 0 aromatic rings. The van der Waals surface area contributed by atoms with Gasteiger partial charge in [0, 0.05) is 6.42 Å². The fraction of sp³-hybridized carbons (Fsp3) is 0.625. The monoisotopic (exact) mass is 183 g/mol. The molecule has 1 aliphatic heterocycles. The van der Waals surface area contributed by atoms with Gasteiger partial charge in [0.05, 0.1) is 11.9 Å². The Labute approximate surface area is 76.7 Å². The van der Waals surface area contributed by atoms with Crippen LogP contribution in [-0.2, 0) is 0 Å². The Bertz CT molecular complexity index is 281. The summed E-state index contributed by atoms with van der Waals surface area (Å²) in [6.07, 6.45) is 1.75. The van der Waals surface area contributed by atoms with Gasteiger partial charge in [0.2, 0.25) is 0 Å². The third kappa shape index (κ3) is 1.47. The van der Waals surface area contributed by atoms with Crippen LogP contribution in [0.2, 0.25) is 0 Å². The molecule has 0 amide bonds. The zero-order valence-electron chi connectivity index (χ0n) is 7.98. The summed E-state index contributed by atoms with van der Waals surface area (Å²) in [5, 5.41) is 13.4. The maximum Gasteiger partial charge on any atom is 0.129 e. The Morgan fingerprint density at radius 3 is 2.69 bits per heavy atom. The van der Waals surface area contributed by atoms with Crippen LogP contribution >= 0.6 is 0 Å². The Morgan fingerprint density at radius 2 is 2.31 bits per heavy atom. The average molecular weight is 183 g/mol. The highest BCUT2D eigenvalue weighted by molar-refractivity contribution is 5.85. The van der Waals surface area contributed by atoms with Crippen molar-refractivity contribution in [2.24, 2.45) is 10.2 Å². The first-order chi connectivity index (χ1) is 6.04. The predicted octanol–water partition coefficient (Wildman–Crippen LogP) is 1.89. The number of aliphatic imine (C=N–C) groups is 1. The fourth-order valence-electron chi connectivity index (χ4n) is 1.22. The Balaban J connectivity index is 3.06. The van der Waals surface area contributed by atoms with E-state index in [-0.39, 0.29) is 0 Å². The first kappa shape index (κ1) is 9.85. The van der Waals surface area contributed by atoms with Crippen LogP contribution in [0.5, 0.6) is 0 Å². The molecule has 0 bridgehead atoms. The summed E-state index contributed by atoms with van der Waals surface area (Å²) in [7, 11) is 0. The van der Waals surface area contributed by atoms with Gasteiger partial charge in [-0.3, -0.25) is 5.21 Å². The number of hydroxylamine groups is 2. The summed E-state index contributed by atoms with van der Waals surface area (Å²) < 4.78 is 0. The average Bonchev–Trinajstić information content (AvgIpc) is 2.29.